The first kappa shape index (κ1) is 12.4. The first-order chi connectivity index (χ1) is 9.20. The molecule has 0 bridgehead atoms. The van der Waals surface area contributed by atoms with Gasteiger partial charge in [0.1, 0.15) is 11.6 Å². The lowest BCUT2D eigenvalue weighted by atomic mass is 9.72. The van der Waals surface area contributed by atoms with Crippen molar-refractivity contribution in [2.75, 3.05) is 13.1 Å². The number of nitrogens with zero attached hydrogens (tertiary/aromatic N) is 2. The third kappa shape index (κ3) is 2.28. The number of hydrogen-bond acceptors (Lipinski definition) is 2. The van der Waals surface area contributed by atoms with Gasteiger partial charge in [0.25, 0.3) is 0 Å². The molecule has 1 saturated heterocycles. The summed E-state index contributed by atoms with van der Waals surface area (Å²) in [6, 6.07) is 7.00. The van der Waals surface area contributed by atoms with Crippen LogP contribution >= 0.6 is 0 Å². The van der Waals surface area contributed by atoms with Gasteiger partial charge in [0.2, 0.25) is 0 Å². The largest absolute Gasteiger partial charge is 0.338 e. The molecule has 1 aromatic heterocycles. The number of halogens is 1. The molecule has 0 spiro atoms. The topological polar surface area (TPSA) is 29.9 Å². The van der Waals surface area contributed by atoms with Crippen molar-refractivity contribution in [2.24, 2.45) is 7.05 Å². The first-order valence-corrected chi connectivity index (χ1v) is 6.63. The molecule has 1 N–H and O–H groups in total. The standard InChI is InChI=1S/C15H18FN3/c1-19-8-7-18-14(19)5-6-15(10-17-11-15)12-3-2-4-13(16)9-12/h2-4,7-9,17H,5-6,10-11H2,1H3. The van der Waals surface area contributed by atoms with E-state index in [4.69, 9.17) is 0 Å². The molecular formula is C15H18FN3. The molecule has 0 unspecified atom stereocenters. The summed E-state index contributed by atoms with van der Waals surface area (Å²) in [5, 5.41) is 3.32. The van der Waals surface area contributed by atoms with E-state index in [-0.39, 0.29) is 11.2 Å². The Morgan fingerprint density at radius 2 is 2.26 bits per heavy atom. The molecule has 3 nitrogen and oxygen atoms in total. The van der Waals surface area contributed by atoms with Crippen LogP contribution in [0.15, 0.2) is 36.7 Å². The van der Waals surface area contributed by atoms with Crippen LogP contribution in [0.5, 0.6) is 0 Å². The summed E-state index contributed by atoms with van der Waals surface area (Å²) < 4.78 is 15.4. The van der Waals surface area contributed by atoms with E-state index in [1.807, 2.05) is 30.1 Å². The minimum atomic E-state index is -0.152. The lowest BCUT2D eigenvalue weighted by molar-refractivity contribution is 0.255. The Bertz CT molecular complexity index is 572. The van der Waals surface area contributed by atoms with Crippen molar-refractivity contribution < 1.29 is 4.39 Å². The number of benzene rings is 1. The number of nitrogens with one attached hydrogen (secondary N) is 1. The molecular weight excluding hydrogens is 241 g/mol. The smallest absolute Gasteiger partial charge is 0.123 e. The van der Waals surface area contributed by atoms with Gasteiger partial charge in [-0.15, -0.1) is 0 Å². The molecule has 4 heteroatoms. The molecule has 0 atom stereocenters. The minimum absolute atomic E-state index is 0.0635. The van der Waals surface area contributed by atoms with E-state index >= 15 is 0 Å². The van der Waals surface area contributed by atoms with Crippen LogP contribution in [0.4, 0.5) is 4.39 Å². The highest BCUT2D eigenvalue weighted by Gasteiger charge is 2.38. The van der Waals surface area contributed by atoms with E-state index in [2.05, 4.69) is 10.3 Å². The summed E-state index contributed by atoms with van der Waals surface area (Å²) >= 11 is 0. The monoisotopic (exact) mass is 259 g/mol. The average molecular weight is 259 g/mol. The summed E-state index contributed by atoms with van der Waals surface area (Å²) in [5.74, 6) is 0.934. The highest BCUT2D eigenvalue weighted by Crippen LogP contribution is 2.33. The van der Waals surface area contributed by atoms with E-state index in [1.165, 1.54) is 6.07 Å². The number of rotatable bonds is 4. The van der Waals surface area contributed by atoms with Gasteiger partial charge in [0.05, 0.1) is 0 Å². The molecule has 100 valence electrons. The lowest BCUT2D eigenvalue weighted by Crippen LogP contribution is -2.57. The SMILES string of the molecule is Cn1ccnc1CCC1(c2cccc(F)c2)CNC1. The van der Waals surface area contributed by atoms with Crippen molar-refractivity contribution in [3.8, 4) is 0 Å². The zero-order valence-corrected chi connectivity index (χ0v) is 11.1. The highest BCUT2D eigenvalue weighted by molar-refractivity contribution is 5.30. The molecule has 2 heterocycles. The third-order valence-electron chi connectivity index (χ3n) is 4.11. The van der Waals surface area contributed by atoms with Crippen molar-refractivity contribution in [3.63, 3.8) is 0 Å². The minimum Gasteiger partial charge on any atom is -0.338 e. The van der Waals surface area contributed by atoms with Gasteiger partial charge in [-0.1, -0.05) is 12.1 Å². The normalized spacial score (nSPS) is 17.2. The van der Waals surface area contributed by atoms with Crippen LogP contribution in [0.2, 0.25) is 0 Å². The Kier molecular flexibility index (Phi) is 3.11. The van der Waals surface area contributed by atoms with E-state index in [1.54, 1.807) is 12.1 Å². The molecule has 2 aromatic rings. The van der Waals surface area contributed by atoms with Crippen LogP contribution in [0.25, 0.3) is 0 Å². The summed E-state index contributed by atoms with van der Waals surface area (Å²) in [6.45, 7) is 1.84. The molecule has 0 amide bonds. The second-order valence-corrected chi connectivity index (χ2v) is 5.35. The maximum atomic E-state index is 13.4. The number of aryl methyl sites for hydroxylation is 2. The second-order valence-electron chi connectivity index (χ2n) is 5.35. The average Bonchev–Trinajstić information content (AvgIpc) is 2.74. The van der Waals surface area contributed by atoms with Crippen LogP contribution in [0.1, 0.15) is 17.8 Å². The summed E-state index contributed by atoms with van der Waals surface area (Å²) in [5.41, 5.74) is 1.16. The van der Waals surface area contributed by atoms with Gasteiger partial charge in [-0.05, 0) is 24.1 Å². The predicted octanol–water partition coefficient (Wildman–Crippen LogP) is 2.03. The Morgan fingerprint density at radius 3 is 2.84 bits per heavy atom. The van der Waals surface area contributed by atoms with Gasteiger partial charge >= 0.3 is 0 Å². The number of imidazole rings is 1. The fraction of sp³-hybridized carbons (Fsp3) is 0.400. The Morgan fingerprint density at radius 1 is 1.42 bits per heavy atom. The molecule has 1 aliphatic rings. The van der Waals surface area contributed by atoms with Gasteiger partial charge in [0, 0.05) is 44.4 Å². The molecule has 1 aliphatic heterocycles. The third-order valence-corrected chi connectivity index (χ3v) is 4.11. The molecule has 0 saturated carbocycles. The van der Waals surface area contributed by atoms with Crippen LogP contribution in [-0.4, -0.2) is 22.6 Å². The summed E-state index contributed by atoms with van der Waals surface area (Å²) in [6.07, 6.45) is 5.70. The molecule has 0 radical (unpaired) electrons. The maximum absolute atomic E-state index is 13.4. The van der Waals surface area contributed by atoms with Crippen molar-refractivity contribution in [2.45, 2.75) is 18.3 Å². The zero-order valence-electron chi connectivity index (χ0n) is 11.1. The summed E-state index contributed by atoms with van der Waals surface area (Å²) in [4.78, 5) is 4.36. The fourth-order valence-corrected chi connectivity index (χ4v) is 2.76. The molecule has 19 heavy (non-hydrogen) atoms. The Balaban J connectivity index is 1.78. The van der Waals surface area contributed by atoms with Crippen molar-refractivity contribution in [3.05, 3.63) is 53.9 Å². The second kappa shape index (κ2) is 4.78. The van der Waals surface area contributed by atoms with E-state index in [9.17, 15) is 4.39 Å². The first-order valence-electron chi connectivity index (χ1n) is 6.63. The lowest BCUT2D eigenvalue weighted by Gasteiger charge is -2.43. The molecule has 1 aromatic carbocycles. The molecule has 0 aliphatic carbocycles. The van der Waals surface area contributed by atoms with Crippen LogP contribution in [0.3, 0.4) is 0 Å². The van der Waals surface area contributed by atoms with E-state index in [0.29, 0.717) is 0 Å². The predicted molar refractivity (Wildman–Crippen MR) is 72.5 cm³/mol. The molecule has 3 rings (SSSR count). The van der Waals surface area contributed by atoms with Crippen molar-refractivity contribution in [1.29, 1.82) is 0 Å². The van der Waals surface area contributed by atoms with Gasteiger partial charge in [-0.25, -0.2) is 9.37 Å². The highest BCUT2D eigenvalue weighted by atomic mass is 19.1. The van der Waals surface area contributed by atoms with Gasteiger partial charge in [-0.2, -0.15) is 0 Å². The van der Waals surface area contributed by atoms with Crippen LogP contribution < -0.4 is 5.32 Å². The zero-order chi connectivity index (χ0) is 13.3. The Labute approximate surface area is 112 Å². The number of hydrogen-bond donors (Lipinski definition) is 1. The van der Waals surface area contributed by atoms with Crippen LogP contribution in [-0.2, 0) is 18.9 Å². The van der Waals surface area contributed by atoms with Crippen molar-refractivity contribution in [1.82, 2.24) is 14.9 Å². The van der Waals surface area contributed by atoms with Gasteiger partial charge < -0.3 is 9.88 Å². The van der Waals surface area contributed by atoms with E-state index < -0.39 is 0 Å². The van der Waals surface area contributed by atoms with Gasteiger partial charge in [0.15, 0.2) is 0 Å². The Hall–Kier alpha value is -1.68. The molecule has 1 fully saturated rings. The van der Waals surface area contributed by atoms with Crippen molar-refractivity contribution >= 4 is 0 Å². The van der Waals surface area contributed by atoms with Gasteiger partial charge in [-0.3, -0.25) is 0 Å². The van der Waals surface area contributed by atoms with Crippen LogP contribution in [0, 0.1) is 5.82 Å². The van der Waals surface area contributed by atoms with E-state index in [0.717, 1.165) is 37.3 Å². The number of aromatic nitrogens is 2. The summed E-state index contributed by atoms with van der Waals surface area (Å²) in [7, 11) is 2.01. The quantitative estimate of drug-likeness (QED) is 0.910. The maximum Gasteiger partial charge on any atom is 0.123 e. The fourth-order valence-electron chi connectivity index (χ4n) is 2.76.